The van der Waals surface area contributed by atoms with E-state index in [4.69, 9.17) is 12.2 Å². The van der Waals surface area contributed by atoms with Gasteiger partial charge in [-0.2, -0.15) is 0 Å². The Kier molecular flexibility index (Phi) is 3.91. The van der Waals surface area contributed by atoms with Crippen molar-refractivity contribution in [1.82, 2.24) is 9.13 Å². The average molecular weight is 433 g/mol. The van der Waals surface area contributed by atoms with Gasteiger partial charge in [0.2, 0.25) is 0 Å². The van der Waals surface area contributed by atoms with Crippen LogP contribution >= 0.6 is 28.1 Å². The summed E-state index contributed by atoms with van der Waals surface area (Å²) in [4.78, 5) is 11.5. The number of imidazole rings is 1. The fraction of sp³-hybridized carbons (Fsp3) is 0.375. The number of halogens is 2. The fourth-order valence-corrected chi connectivity index (χ4v) is 5.45. The zero-order valence-corrected chi connectivity index (χ0v) is 17.2. The van der Waals surface area contributed by atoms with Crippen LogP contribution in [0.25, 0.3) is 0 Å². The summed E-state index contributed by atoms with van der Waals surface area (Å²) in [7, 11) is 6.08. The van der Waals surface area contributed by atoms with E-state index < -0.39 is 5.97 Å². The van der Waals surface area contributed by atoms with Crippen LogP contribution in [-0.2, 0) is 28.4 Å². The highest BCUT2D eigenvalue weighted by Gasteiger charge is 2.64. The van der Waals surface area contributed by atoms with E-state index >= 15 is 0 Å². The second-order valence-corrected chi connectivity index (χ2v) is 9.60. The van der Waals surface area contributed by atoms with E-state index in [1.54, 1.807) is 6.07 Å². The van der Waals surface area contributed by atoms with Crippen LogP contribution in [0.5, 0.6) is 0 Å². The van der Waals surface area contributed by atoms with Gasteiger partial charge < -0.3 is 14.2 Å². The van der Waals surface area contributed by atoms with Gasteiger partial charge in [-0.05, 0) is 47.6 Å². The Balaban J connectivity index is 1.88. The van der Waals surface area contributed by atoms with Crippen LogP contribution in [0.2, 0.25) is 0 Å². The number of fused-ring (bicyclic) bond motifs is 3. The molecule has 0 saturated heterocycles. The minimum Gasteiger partial charge on any atom is -0.481 e. The zero-order valence-electron chi connectivity index (χ0n) is 14.8. The van der Waals surface area contributed by atoms with Gasteiger partial charge in [0, 0.05) is 33.7 Å². The first-order chi connectivity index (χ1) is 12.1. The van der Waals surface area contributed by atoms with Crippen LogP contribution in [-0.4, -0.2) is 43.7 Å². The normalized spacial score (nSPS) is 23.5. The molecule has 2 heterocycles. The van der Waals surface area contributed by atoms with Gasteiger partial charge >= 0.3 is 5.97 Å². The molecule has 0 radical (unpaired) electrons. The van der Waals surface area contributed by atoms with E-state index in [1.165, 1.54) is 6.07 Å². The first-order valence-electron chi connectivity index (χ1n) is 8.58. The van der Waals surface area contributed by atoms with Gasteiger partial charge in [-0.3, -0.25) is 4.79 Å². The molecule has 1 aromatic heterocycles. The third-order valence-electron chi connectivity index (χ3n) is 5.58. The fourth-order valence-electron chi connectivity index (χ4n) is 4.54. The molecule has 2 atom stereocenters. The van der Waals surface area contributed by atoms with Gasteiger partial charge in [-0.1, -0.05) is 15.9 Å². The molecule has 0 amide bonds. The molecule has 26 heavy (non-hydrogen) atoms. The number of carbonyl (C=O) groups is 1. The van der Waals surface area contributed by atoms with Crippen molar-refractivity contribution >= 4 is 57.7 Å². The van der Waals surface area contributed by atoms with Crippen molar-refractivity contribution in [3.8, 4) is 0 Å². The van der Waals surface area contributed by atoms with Gasteiger partial charge in [0.05, 0.1) is 6.42 Å². The van der Waals surface area contributed by atoms with E-state index in [2.05, 4.69) is 15.9 Å². The molecule has 1 aliphatic carbocycles. The van der Waals surface area contributed by atoms with Crippen molar-refractivity contribution in [2.24, 2.45) is 0 Å². The molecule has 10 heteroatoms. The summed E-state index contributed by atoms with van der Waals surface area (Å²) in [5, 5.41) is 9.13. The van der Waals surface area contributed by atoms with Gasteiger partial charge in [-0.15, -0.1) is 0 Å². The molecule has 1 N–H and O–H groups in total. The molecule has 0 bridgehead atoms. The third kappa shape index (κ3) is 2.48. The lowest BCUT2D eigenvalue weighted by Gasteiger charge is -2.25. The Morgan fingerprint density at radius 3 is 2.77 bits per heavy atom. The molecule has 1 aliphatic heterocycles. The molecular formula is C16H17B3BrFN2O2S. The molecular weight excluding hydrogens is 416 g/mol. The van der Waals surface area contributed by atoms with Crippen molar-refractivity contribution in [2.75, 3.05) is 0 Å². The van der Waals surface area contributed by atoms with Crippen molar-refractivity contribution < 1.29 is 14.3 Å². The van der Waals surface area contributed by atoms with Gasteiger partial charge in [-0.25, -0.2) is 4.39 Å². The van der Waals surface area contributed by atoms with Gasteiger partial charge in [0.1, 0.15) is 29.4 Å². The molecule has 1 saturated carbocycles. The molecule has 4 nitrogen and oxygen atoms in total. The number of rotatable bonds is 4. The molecule has 0 spiro atoms. The zero-order chi connectivity index (χ0) is 19.0. The predicted octanol–water partition coefficient (Wildman–Crippen LogP) is 0.454. The number of carboxylic acid groups (broad SMARTS) is 1. The molecule has 2 aromatic rings. The Labute approximate surface area is 167 Å². The molecule has 1 fully saturated rings. The maximum absolute atomic E-state index is 14.5. The third-order valence-corrected chi connectivity index (χ3v) is 6.47. The van der Waals surface area contributed by atoms with Gasteiger partial charge in [0.15, 0.2) is 4.77 Å². The largest absolute Gasteiger partial charge is 0.481 e. The topological polar surface area (TPSA) is 47.2 Å². The summed E-state index contributed by atoms with van der Waals surface area (Å²) in [6.07, 6.45) is 0.757. The highest BCUT2D eigenvalue weighted by molar-refractivity contribution is 9.10. The number of hydrogen-bond donors (Lipinski definition) is 1. The minimum absolute atomic E-state index is 0.0726. The highest BCUT2D eigenvalue weighted by atomic mass is 79.9. The van der Waals surface area contributed by atoms with Gasteiger partial charge in [0.25, 0.3) is 0 Å². The number of benzene rings is 1. The lowest BCUT2D eigenvalue weighted by Crippen LogP contribution is -2.37. The van der Waals surface area contributed by atoms with Crippen LogP contribution in [0, 0.1) is 10.6 Å². The van der Waals surface area contributed by atoms with Crippen molar-refractivity contribution in [2.45, 2.75) is 36.0 Å². The summed E-state index contributed by atoms with van der Waals surface area (Å²) in [6.45, 7) is 0.606. The monoisotopic (exact) mass is 432 g/mol. The van der Waals surface area contributed by atoms with E-state index in [9.17, 15) is 14.3 Å². The smallest absolute Gasteiger partial charge is 0.309 e. The standard InChI is InChI=1S/C16H17B3BrFN2O2S/c17-16(18,19)23-11(4-12(24)25)13-9-5-15(9,6-22(13)14(23)26)8-3-7(20)1-2-10(8)21/h1-3,9H,4-6,17-19H2,(H,24,25)/t9-,15+/m0/s1. The Bertz CT molecular complexity index is 1020. The summed E-state index contributed by atoms with van der Waals surface area (Å²) < 4.78 is 20.0. The van der Waals surface area contributed by atoms with E-state index in [-0.39, 0.29) is 28.8 Å². The highest BCUT2D eigenvalue weighted by Crippen LogP contribution is 2.67. The molecule has 132 valence electrons. The molecule has 1 aromatic carbocycles. The Hall–Kier alpha value is -1.28. The lowest BCUT2D eigenvalue weighted by molar-refractivity contribution is -0.136. The van der Waals surface area contributed by atoms with E-state index in [0.717, 1.165) is 22.3 Å². The summed E-state index contributed by atoms with van der Waals surface area (Å²) >= 11 is 9.14. The molecule has 2 aliphatic rings. The SMILES string of the molecule is BC(B)(B)n1c(CC(=O)O)c2n(c1=S)C[C@@]1(c3cc(Br)ccc3F)C[C@@H]21. The maximum Gasteiger partial charge on any atom is 0.309 e. The Morgan fingerprint density at radius 2 is 2.15 bits per heavy atom. The van der Waals surface area contributed by atoms with Crippen molar-refractivity contribution in [3.63, 3.8) is 0 Å². The van der Waals surface area contributed by atoms with Crippen LogP contribution in [0.3, 0.4) is 0 Å². The van der Waals surface area contributed by atoms with E-state index in [0.29, 0.717) is 16.9 Å². The number of aliphatic carboxylic acids is 1. The minimum atomic E-state index is -0.877. The predicted molar refractivity (Wildman–Crippen MR) is 111 cm³/mol. The van der Waals surface area contributed by atoms with Crippen molar-refractivity contribution in [3.05, 3.63) is 50.2 Å². The van der Waals surface area contributed by atoms with Crippen LogP contribution in [0.15, 0.2) is 22.7 Å². The average Bonchev–Trinajstić information content (AvgIpc) is 3.02. The second kappa shape index (κ2) is 5.61. The summed E-state index contributed by atoms with van der Waals surface area (Å²) in [5.41, 5.74) is 2.13. The first-order valence-corrected chi connectivity index (χ1v) is 9.78. The summed E-state index contributed by atoms with van der Waals surface area (Å²) in [6, 6.07) is 5.03. The second-order valence-electron chi connectivity index (χ2n) is 8.31. The maximum atomic E-state index is 14.5. The summed E-state index contributed by atoms with van der Waals surface area (Å²) in [5.74, 6) is -0.972. The van der Waals surface area contributed by atoms with Crippen molar-refractivity contribution in [1.29, 1.82) is 0 Å². The molecule has 0 unspecified atom stereocenters. The lowest BCUT2D eigenvalue weighted by atomic mass is 9.49. The number of aromatic nitrogens is 2. The van der Waals surface area contributed by atoms with E-state index in [1.807, 2.05) is 38.7 Å². The first kappa shape index (κ1) is 18.1. The Morgan fingerprint density at radius 1 is 1.46 bits per heavy atom. The number of carboxylic acids is 1. The number of hydrogen-bond acceptors (Lipinski definition) is 2. The molecule has 4 rings (SSSR count). The quantitative estimate of drug-likeness (QED) is 0.564. The number of nitrogens with zero attached hydrogens (tertiary/aromatic N) is 2. The van der Waals surface area contributed by atoms with Crippen LogP contribution in [0.4, 0.5) is 4.39 Å². The van der Waals surface area contributed by atoms with Crippen LogP contribution < -0.4 is 0 Å². The van der Waals surface area contributed by atoms with Crippen LogP contribution in [0.1, 0.15) is 29.3 Å².